The molecule has 1 aliphatic carbocycles. The van der Waals surface area contributed by atoms with Gasteiger partial charge in [-0.2, -0.15) is 5.26 Å². The molecule has 1 aliphatic rings. The summed E-state index contributed by atoms with van der Waals surface area (Å²) in [5.41, 5.74) is 0.396. The molecule has 2 atom stereocenters. The molecule has 3 nitrogen and oxygen atoms in total. The molecule has 1 heterocycles. The smallest absolute Gasteiger partial charge is 0.182 e. The van der Waals surface area contributed by atoms with Gasteiger partial charge in [-0.05, 0) is 43.7 Å². The molecule has 2 rings (SSSR count). The quantitative estimate of drug-likeness (QED) is 0.800. The van der Waals surface area contributed by atoms with E-state index in [1.807, 2.05) is 12.1 Å². The highest BCUT2D eigenvalue weighted by atomic mass is 16.5. The molecule has 1 aromatic rings. The Kier molecular flexibility index (Phi) is 3.98. The second-order valence-corrected chi connectivity index (χ2v) is 4.57. The van der Waals surface area contributed by atoms with Gasteiger partial charge >= 0.3 is 0 Å². The zero-order chi connectivity index (χ0) is 12.1. The van der Waals surface area contributed by atoms with E-state index in [0.29, 0.717) is 17.4 Å². The topological polar surface area (TPSA) is 45.9 Å². The van der Waals surface area contributed by atoms with Gasteiger partial charge in [0.1, 0.15) is 12.2 Å². The highest BCUT2D eigenvalue weighted by molar-refractivity contribution is 5.36. The van der Waals surface area contributed by atoms with E-state index < -0.39 is 0 Å². The van der Waals surface area contributed by atoms with Crippen LogP contribution in [-0.4, -0.2) is 11.1 Å². The summed E-state index contributed by atoms with van der Waals surface area (Å²) in [6.07, 6.45) is 7.89. The molecule has 3 heteroatoms. The third kappa shape index (κ3) is 2.76. The lowest BCUT2D eigenvalue weighted by atomic mass is 9.85. The third-order valence-electron chi connectivity index (χ3n) is 3.52. The van der Waals surface area contributed by atoms with Gasteiger partial charge in [-0.1, -0.05) is 13.3 Å². The lowest BCUT2D eigenvalue weighted by molar-refractivity contribution is 0.0897. The van der Waals surface area contributed by atoms with Crippen LogP contribution >= 0.6 is 0 Å². The van der Waals surface area contributed by atoms with Crippen LogP contribution in [0, 0.1) is 17.2 Å². The largest absolute Gasteiger partial charge is 0.487 e. The molecule has 1 saturated carbocycles. The first-order chi connectivity index (χ1) is 8.35. The van der Waals surface area contributed by atoms with E-state index in [9.17, 15) is 0 Å². The van der Waals surface area contributed by atoms with Crippen LogP contribution in [0.25, 0.3) is 0 Å². The summed E-state index contributed by atoms with van der Waals surface area (Å²) in [5.74, 6) is 1.26. The predicted octanol–water partition coefficient (Wildman–Crippen LogP) is 3.30. The van der Waals surface area contributed by atoms with Gasteiger partial charge in [-0.25, -0.2) is 4.98 Å². The fourth-order valence-corrected chi connectivity index (χ4v) is 2.53. The number of nitriles is 1. The lowest BCUT2D eigenvalue weighted by Gasteiger charge is -2.31. The van der Waals surface area contributed by atoms with Crippen molar-refractivity contribution in [3.05, 3.63) is 24.0 Å². The van der Waals surface area contributed by atoms with E-state index in [1.54, 1.807) is 6.20 Å². The average Bonchev–Trinajstić information content (AvgIpc) is 2.40. The minimum absolute atomic E-state index is 0.255. The van der Waals surface area contributed by atoms with E-state index >= 15 is 0 Å². The van der Waals surface area contributed by atoms with Crippen LogP contribution in [0.3, 0.4) is 0 Å². The Morgan fingerprint density at radius 3 is 3.06 bits per heavy atom. The molecule has 0 aromatic carbocycles. The monoisotopic (exact) mass is 230 g/mol. The lowest BCUT2D eigenvalue weighted by Crippen LogP contribution is -2.30. The molecule has 0 N–H and O–H groups in total. The molecule has 0 bridgehead atoms. The Morgan fingerprint density at radius 2 is 2.29 bits per heavy atom. The van der Waals surface area contributed by atoms with Crippen molar-refractivity contribution >= 4 is 0 Å². The van der Waals surface area contributed by atoms with Gasteiger partial charge in [0.15, 0.2) is 11.4 Å². The Bertz CT molecular complexity index is 411. The molecule has 0 radical (unpaired) electrons. The molecule has 0 spiro atoms. The first-order valence-corrected chi connectivity index (χ1v) is 6.37. The highest BCUT2D eigenvalue weighted by Crippen LogP contribution is 2.31. The van der Waals surface area contributed by atoms with Crippen LogP contribution in [0.1, 0.15) is 44.7 Å². The zero-order valence-corrected chi connectivity index (χ0v) is 10.2. The van der Waals surface area contributed by atoms with Gasteiger partial charge in [-0.15, -0.1) is 0 Å². The van der Waals surface area contributed by atoms with Crippen LogP contribution in [0.5, 0.6) is 5.75 Å². The molecule has 0 saturated heterocycles. The second kappa shape index (κ2) is 5.67. The van der Waals surface area contributed by atoms with E-state index in [2.05, 4.69) is 18.0 Å². The maximum absolute atomic E-state index is 8.98. The molecule has 17 heavy (non-hydrogen) atoms. The van der Waals surface area contributed by atoms with Crippen molar-refractivity contribution in [2.24, 2.45) is 5.92 Å². The Labute approximate surface area is 102 Å². The van der Waals surface area contributed by atoms with Gasteiger partial charge in [0.2, 0.25) is 0 Å². The summed E-state index contributed by atoms with van der Waals surface area (Å²) >= 11 is 0. The number of pyridine rings is 1. The fraction of sp³-hybridized carbons (Fsp3) is 0.571. The highest BCUT2D eigenvalue weighted by Gasteiger charge is 2.25. The maximum atomic E-state index is 8.98. The molecular weight excluding hydrogens is 212 g/mol. The van der Waals surface area contributed by atoms with E-state index in [1.165, 1.54) is 19.3 Å². The van der Waals surface area contributed by atoms with Crippen molar-refractivity contribution in [1.82, 2.24) is 4.98 Å². The SMILES string of the molecule is CCC1CCCCC1Oc1cccnc1C#N. The summed E-state index contributed by atoms with van der Waals surface area (Å²) in [6, 6.07) is 5.74. The van der Waals surface area contributed by atoms with Crippen LogP contribution in [-0.2, 0) is 0 Å². The van der Waals surface area contributed by atoms with Gasteiger partial charge < -0.3 is 4.74 Å². The molecule has 0 amide bonds. The molecule has 90 valence electrons. The van der Waals surface area contributed by atoms with Crippen molar-refractivity contribution in [1.29, 1.82) is 5.26 Å². The van der Waals surface area contributed by atoms with Crippen molar-refractivity contribution in [2.45, 2.75) is 45.1 Å². The Hall–Kier alpha value is -1.56. The summed E-state index contributed by atoms with van der Waals surface area (Å²) in [7, 11) is 0. The van der Waals surface area contributed by atoms with E-state index in [-0.39, 0.29) is 6.10 Å². The van der Waals surface area contributed by atoms with Gasteiger partial charge in [0.25, 0.3) is 0 Å². The van der Waals surface area contributed by atoms with Crippen LogP contribution in [0.2, 0.25) is 0 Å². The first kappa shape index (κ1) is 11.9. The number of hydrogen-bond donors (Lipinski definition) is 0. The van der Waals surface area contributed by atoms with Crippen LogP contribution in [0.4, 0.5) is 0 Å². The fourth-order valence-electron chi connectivity index (χ4n) is 2.53. The van der Waals surface area contributed by atoms with E-state index in [4.69, 9.17) is 10.00 Å². The minimum Gasteiger partial charge on any atom is -0.487 e. The van der Waals surface area contributed by atoms with Gasteiger partial charge in [0.05, 0.1) is 0 Å². The maximum Gasteiger partial charge on any atom is 0.182 e. The summed E-state index contributed by atoms with van der Waals surface area (Å²) in [4.78, 5) is 4.03. The van der Waals surface area contributed by atoms with Gasteiger partial charge in [0, 0.05) is 6.20 Å². The summed E-state index contributed by atoms with van der Waals surface area (Å²) in [6.45, 7) is 2.21. The predicted molar refractivity (Wildman–Crippen MR) is 65.6 cm³/mol. The van der Waals surface area contributed by atoms with Crippen molar-refractivity contribution < 1.29 is 4.74 Å². The van der Waals surface area contributed by atoms with Crippen LogP contribution in [0.15, 0.2) is 18.3 Å². The number of nitrogens with zero attached hydrogens (tertiary/aromatic N) is 2. The average molecular weight is 230 g/mol. The number of rotatable bonds is 3. The van der Waals surface area contributed by atoms with Crippen molar-refractivity contribution in [3.8, 4) is 11.8 Å². The minimum atomic E-state index is 0.255. The molecular formula is C14H18N2O. The number of hydrogen-bond acceptors (Lipinski definition) is 3. The van der Waals surface area contributed by atoms with Crippen molar-refractivity contribution in [3.63, 3.8) is 0 Å². The first-order valence-electron chi connectivity index (χ1n) is 6.37. The normalized spacial score (nSPS) is 24.0. The van der Waals surface area contributed by atoms with E-state index in [0.717, 1.165) is 12.8 Å². The Morgan fingerprint density at radius 1 is 1.47 bits per heavy atom. The van der Waals surface area contributed by atoms with Crippen LogP contribution < -0.4 is 4.74 Å². The summed E-state index contributed by atoms with van der Waals surface area (Å²) < 4.78 is 6.00. The molecule has 1 aromatic heterocycles. The Balaban J connectivity index is 2.11. The molecule has 1 fully saturated rings. The zero-order valence-electron chi connectivity index (χ0n) is 10.2. The molecule has 2 unspecified atom stereocenters. The number of ether oxygens (including phenoxy) is 1. The second-order valence-electron chi connectivity index (χ2n) is 4.57. The number of aromatic nitrogens is 1. The molecule has 0 aliphatic heterocycles. The standard InChI is InChI=1S/C14H18N2O/c1-2-11-6-3-4-7-13(11)17-14-8-5-9-16-12(14)10-15/h5,8-9,11,13H,2-4,6-7H2,1H3. The third-order valence-corrected chi connectivity index (χ3v) is 3.52. The summed E-state index contributed by atoms with van der Waals surface area (Å²) in [5, 5.41) is 8.98. The van der Waals surface area contributed by atoms with Crippen molar-refractivity contribution in [2.75, 3.05) is 0 Å². The van der Waals surface area contributed by atoms with Gasteiger partial charge in [-0.3, -0.25) is 0 Å².